The first-order valence-electron chi connectivity index (χ1n) is 6.02. The Morgan fingerprint density at radius 3 is 2.28 bits per heavy atom. The van der Waals surface area contributed by atoms with Crippen LogP contribution in [0.25, 0.3) is 32.6 Å². The molecule has 3 aromatic carbocycles. The Morgan fingerprint density at radius 1 is 0.667 bits per heavy atom. The quantitative estimate of drug-likeness (QED) is 0.461. The van der Waals surface area contributed by atoms with E-state index in [1.54, 1.807) is 4.68 Å². The van der Waals surface area contributed by atoms with Crippen molar-refractivity contribution in [2.24, 2.45) is 0 Å². The van der Waals surface area contributed by atoms with Gasteiger partial charge in [0.05, 0.1) is 11.0 Å². The predicted octanol–water partition coefficient (Wildman–Crippen LogP) is 3.66. The number of para-hydroxylation sites is 1. The number of nitrogens with two attached hydrogens (primary N) is 1. The van der Waals surface area contributed by atoms with E-state index >= 15 is 0 Å². The fraction of sp³-hybridized carbons (Fsp3) is 0. The van der Waals surface area contributed by atoms with E-state index in [0.29, 0.717) is 0 Å². The Morgan fingerprint density at radius 2 is 1.39 bits per heavy atom. The smallest absolute Gasteiger partial charge is 0.0781 e. The number of fused-ring (bicyclic) bond motifs is 5. The summed E-state index contributed by atoms with van der Waals surface area (Å²) in [6.07, 6.45) is 0. The summed E-state index contributed by atoms with van der Waals surface area (Å²) in [5.74, 6) is 6.26. The van der Waals surface area contributed by atoms with E-state index in [0.717, 1.165) is 11.0 Å². The summed E-state index contributed by atoms with van der Waals surface area (Å²) in [4.78, 5) is 0. The molecule has 0 radical (unpaired) electrons. The van der Waals surface area contributed by atoms with Gasteiger partial charge in [-0.1, -0.05) is 54.6 Å². The molecule has 0 unspecified atom stereocenters. The van der Waals surface area contributed by atoms with E-state index in [9.17, 15) is 0 Å². The number of nitrogens with zero attached hydrogens (tertiary/aromatic N) is 1. The van der Waals surface area contributed by atoms with Crippen molar-refractivity contribution in [1.82, 2.24) is 4.68 Å². The van der Waals surface area contributed by atoms with Gasteiger partial charge in [-0.2, -0.15) is 0 Å². The summed E-state index contributed by atoms with van der Waals surface area (Å²) in [6, 6.07) is 20.9. The second-order valence-electron chi connectivity index (χ2n) is 4.57. The summed E-state index contributed by atoms with van der Waals surface area (Å²) in [7, 11) is 0. The van der Waals surface area contributed by atoms with E-state index < -0.39 is 0 Å². The maximum Gasteiger partial charge on any atom is 0.0781 e. The van der Waals surface area contributed by atoms with E-state index in [-0.39, 0.29) is 0 Å². The van der Waals surface area contributed by atoms with Crippen LogP contribution in [-0.4, -0.2) is 4.68 Å². The first kappa shape index (κ1) is 9.54. The van der Waals surface area contributed by atoms with Crippen LogP contribution in [0.3, 0.4) is 0 Å². The third-order valence-corrected chi connectivity index (χ3v) is 3.60. The molecule has 0 aliphatic rings. The highest BCUT2D eigenvalue weighted by Gasteiger charge is 2.10. The molecule has 18 heavy (non-hydrogen) atoms. The van der Waals surface area contributed by atoms with Gasteiger partial charge < -0.3 is 5.84 Å². The highest BCUT2D eigenvalue weighted by molar-refractivity contribution is 6.17. The summed E-state index contributed by atoms with van der Waals surface area (Å²) < 4.78 is 1.80. The van der Waals surface area contributed by atoms with Gasteiger partial charge in [-0.05, 0) is 11.5 Å². The average molecular weight is 232 g/mol. The van der Waals surface area contributed by atoms with E-state index in [1.165, 1.54) is 21.5 Å². The van der Waals surface area contributed by atoms with E-state index in [4.69, 9.17) is 5.84 Å². The zero-order chi connectivity index (χ0) is 12.1. The molecule has 0 aliphatic heterocycles. The van der Waals surface area contributed by atoms with Crippen molar-refractivity contribution in [2.75, 3.05) is 5.84 Å². The van der Waals surface area contributed by atoms with Crippen molar-refractivity contribution in [1.29, 1.82) is 0 Å². The lowest BCUT2D eigenvalue weighted by atomic mass is 10.1. The molecule has 0 amide bonds. The van der Waals surface area contributed by atoms with E-state index in [1.807, 2.05) is 6.07 Å². The molecule has 0 saturated heterocycles. The van der Waals surface area contributed by atoms with Gasteiger partial charge in [0.1, 0.15) is 0 Å². The average Bonchev–Trinajstić information content (AvgIpc) is 2.73. The largest absolute Gasteiger partial charge is 0.339 e. The standard InChI is InChI=1S/C16H12N2/c17-18-15-8-4-3-7-13(15)14-10-9-11-5-1-2-6-12(11)16(14)18/h1-10H,17H2. The van der Waals surface area contributed by atoms with Crippen LogP contribution in [0.15, 0.2) is 60.7 Å². The number of hydrogen-bond donors (Lipinski definition) is 1. The van der Waals surface area contributed by atoms with Gasteiger partial charge in [0, 0.05) is 16.2 Å². The maximum absolute atomic E-state index is 6.26. The summed E-state index contributed by atoms with van der Waals surface area (Å²) in [6.45, 7) is 0. The number of benzene rings is 3. The van der Waals surface area contributed by atoms with Crippen LogP contribution in [0, 0.1) is 0 Å². The molecule has 1 heterocycles. The van der Waals surface area contributed by atoms with Crippen molar-refractivity contribution < 1.29 is 0 Å². The third-order valence-electron chi connectivity index (χ3n) is 3.60. The molecule has 4 rings (SSSR count). The molecular weight excluding hydrogens is 220 g/mol. The Hall–Kier alpha value is -2.48. The SMILES string of the molecule is Nn1c2ccccc2c2ccc3ccccc3c21. The molecule has 1 aromatic heterocycles. The lowest BCUT2D eigenvalue weighted by molar-refractivity contribution is 1.13. The predicted molar refractivity (Wildman–Crippen MR) is 77.1 cm³/mol. The number of nitrogen functional groups attached to an aromatic ring is 1. The van der Waals surface area contributed by atoms with Crippen LogP contribution in [0.2, 0.25) is 0 Å². The van der Waals surface area contributed by atoms with Crippen molar-refractivity contribution in [2.45, 2.75) is 0 Å². The van der Waals surface area contributed by atoms with Crippen LogP contribution in [0.1, 0.15) is 0 Å². The lowest BCUT2D eigenvalue weighted by Crippen LogP contribution is -2.06. The molecular formula is C16H12N2. The summed E-state index contributed by atoms with van der Waals surface area (Å²) in [5.41, 5.74) is 2.18. The molecule has 0 atom stereocenters. The summed E-state index contributed by atoms with van der Waals surface area (Å²) >= 11 is 0. The molecule has 2 nitrogen and oxygen atoms in total. The number of aromatic nitrogens is 1. The molecule has 0 spiro atoms. The van der Waals surface area contributed by atoms with Gasteiger partial charge >= 0.3 is 0 Å². The molecule has 0 saturated carbocycles. The first-order valence-corrected chi connectivity index (χ1v) is 6.02. The van der Waals surface area contributed by atoms with Crippen LogP contribution >= 0.6 is 0 Å². The lowest BCUT2D eigenvalue weighted by Gasteiger charge is -2.02. The minimum atomic E-state index is 1.07. The highest BCUT2D eigenvalue weighted by Crippen LogP contribution is 2.32. The molecule has 4 aromatic rings. The molecule has 0 aliphatic carbocycles. The molecule has 86 valence electrons. The van der Waals surface area contributed by atoms with Crippen LogP contribution in [0.4, 0.5) is 0 Å². The Labute approximate surface area is 104 Å². The number of hydrogen-bond acceptors (Lipinski definition) is 1. The highest BCUT2D eigenvalue weighted by atomic mass is 15.3. The normalized spacial score (nSPS) is 11.6. The Kier molecular flexibility index (Phi) is 1.73. The first-order chi connectivity index (χ1) is 8.86. The van der Waals surface area contributed by atoms with Gasteiger partial charge in [0.2, 0.25) is 0 Å². The van der Waals surface area contributed by atoms with Gasteiger partial charge in [0.15, 0.2) is 0 Å². The second-order valence-corrected chi connectivity index (χ2v) is 4.57. The molecule has 0 bridgehead atoms. The minimum Gasteiger partial charge on any atom is -0.339 e. The maximum atomic E-state index is 6.26. The van der Waals surface area contributed by atoms with Crippen molar-refractivity contribution in [3.05, 3.63) is 60.7 Å². The van der Waals surface area contributed by atoms with Gasteiger partial charge in [-0.25, -0.2) is 0 Å². The van der Waals surface area contributed by atoms with Crippen LogP contribution in [-0.2, 0) is 0 Å². The zero-order valence-electron chi connectivity index (χ0n) is 9.80. The van der Waals surface area contributed by atoms with Gasteiger partial charge in [-0.3, -0.25) is 4.68 Å². The van der Waals surface area contributed by atoms with Gasteiger partial charge in [-0.15, -0.1) is 0 Å². The fourth-order valence-corrected chi connectivity index (χ4v) is 2.76. The summed E-state index contributed by atoms with van der Waals surface area (Å²) in [5, 5.41) is 4.85. The fourth-order valence-electron chi connectivity index (χ4n) is 2.76. The topological polar surface area (TPSA) is 30.9 Å². The van der Waals surface area contributed by atoms with Crippen molar-refractivity contribution in [3.63, 3.8) is 0 Å². The second kappa shape index (κ2) is 3.26. The monoisotopic (exact) mass is 232 g/mol. The van der Waals surface area contributed by atoms with Crippen LogP contribution in [0.5, 0.6) is 0 Å². The molecule has 0 fully saturated rings. The Bertz CT molecular complexity index is 887. The minimum absolute atomic E-state index is 1.07. The third kappa shape index (κ3) is 1.07. The van der Waals surface area contributed by atoms with Crippen LogP contribution < -0.4 is 5.84 Å². The zero-order valence-corrected chi connectivity index (χ0v) is 9.80. The molecule has 2 heteroatoms. The van der Waals surface area contributed by atoms with E-state index in [2.05, 4.69) is 54.6 Å². The van der Waals surface area contributed by atoms with Gasteiger partial charge in [0.25, 0.3) is 0 Å². The Balaban J connectivity index is 2.39. The van der Waals surface area contributed by atoms with Crippen molar-refractivity contribution >= 4 is 32.6 Å². The van der Waals surface area contributed by atoms with Crippen molar-refractivity contribution in [3.8, 4) is 0 Å². The number of rotatable bonds is 0. The molecule has 2 N–H and O–H groups in total.